The van der Waals surface area contributed by atoms with Crippen molar-refractivity contribution in [2.45, 2.75) is 6.92 Å². The summed E-state index contributed by atoms with van der Waals surface area (Å²) < 4.78 is 17.0. The second kappa shape index (κ2) is 9.46. The zero-order valence-electron chi connectivity index (χ0n) is 20.0. The van der Waals surface area contributed by atoms with Crippen molar-refractivity contribution in [3.8, 4) is 23.0 Å². The summed E-state index contributed by atoms with van der Waals surface area (Å²) in [6, 6.07) is 25.6. The van der Waals surface area contributed by atoms with Crippen molar-refractivity contribution in [3.63, 3.8) is 0 Å². The Morgan fingerprint density at radius 1 is 0.947 bits per heavy atom. The van der Waals surface area contributed by atoms with Crippen LogP contribution in [0.15, 0.2) is 78.9 Å². The highest BCUT2D eigenvalue weighted by atomic mass is 35.5. The van der Waals surface area contributed by atoms with Gasteiger partial charge in [-0.05, 0) is 78.7 Å². The van der Waals surface area contributed by atoms with Gasteiger partial charge in [-0.25, -0.2) is 14.1 Å². The van der Waals surface area contributed by atoms with E-state index in [0.29, 0.717) is 43.9 Å². The molecular weight excluding hydrogens is 520 g/mol. The van der Waals surface area contributed by atoms with E-state index in [-0.39, 0.29) is 5.82 Å². The molecule has 184 valence electrons. The molecule has 0 aliphatic carbocycles. The standard InChI is InChI=1S/C30H18Cl2FN5/c1-18-24(29(32)38(36-18)23-13-11-22(33)12-14-23)15-8-20-16-28(19-6-9-21(31)10-7-19)37-27-5-3-2-4-26(27)35-30(37)25(20)17-34/h2-16H,1H3/b15-8+. The van der Waals surface area contributed by atoms with Crippen LogP contribution in [0.3, 0.4) is 0 Å². The first-order chi connectivity index (χ1) is 18.4. The molecule has 8 heteroatoms. The number of fused-ring (bicyclic) bond motifs is 3. The molecular formula is C30H18Cl2FN5. The SMILES string of the molecule is Cc1nn(-c2ccc(F)cc2)c(Cl)c1/C=C/c1cc(-c2ccc(Cl)cc2)n2c(nc3ccccc32)c1C#N. The quantitative estimate of drug-likeness (QED) is 0.228. The highest BCUT2D eigenvalue weighted by Gasteiger charge is 2.18. The van der Waals surface area contributed by atoms with Gasteiger partial charge in [0.25, 0.3) is 0 Å². The van der Waals surface area contributed by atoms with Crippen LogP contribution in [0.4, 0.5) is 4.39 Å². The molecule has 3 aromatic heterocycles. The van der Waals surface area contributed by atoms with Crippen molar-refractivity contribution in [1.29, 1.82) is 5.26 Å². The van der Waals surface area contributed by atoms with E-state index in [1.54, 1.807) is 16.8 Å². The second-order valence-corrected chi connectivity index (χ2v) is 9.54. The molecule has 3 aromatic carbocycles. The summed E-state index contributed by atoms with van der Waals surface area (Å²) in [4.78, 5) is 4.80. The van der Waals surface area contributed by atoms with E-state index in [1.165, 1.54) is 12.1 Å². The molecule has 0 unspecified atom stereocenters. The molecule has 0 saturated heterocycles. The summed E-state index contributed by atoms with van der Waals surface area (Å²) in [5, 5.41) is 15.7. The fourth-order valence-corrected chi connectivity index (χ4v) is 5.02. The first-order valence-corrected chi connectivity index (χ1v) is 12.5. The van der Waals surface area contributed by atoms with Gasteiger partial charge < -0.3 is 0 Å². The maximum absolute atomic E-state index is 13.4. The predicted molar refractivity (Wildman–Crippen MR) is 150 cm³/mol. The van der Waals surface area contributed by atoms with Crippen molar-refractivity contribution < 1.29 is 4.39 Å². The molecule has 38 heavy (non-hydrogen) atoms. The van der Waals surface area contributed by atoms with Gasteiger partial charge in [-0.15, -0.1) is 0 Å². The maximum Gasteiger partial charge on any atom is 0.157 e. The molecule has 0 amide bonds. The van der Waals surface area contributed by atoms with E-state index in [9.17, 15) is 9.65 Å². The third kappa shape index (κ3) is 4.03. The Hall–Kier alpha value is -4.44. The second-order valence-electron chi connectivity index (χ2n) is 8.75. The predicted octanol–water partition coefficient (Wildman–Crippen LogP) is 8.14. The van der Waals surface area contributed by atoms with Crippen LogP contribution in [0.1, 0.15) is 22.4 Å². The van der Waals surface area contributed by atoms with Crippen LogP contribution in [-0.4, -0.2) is 19.2 Å². The Morgan fingerprint density at radius 2 is 1.68 bits per heavy atom. The Labute approximate surface area is 227 Å². The van der Waals surface area contributed by atoms with E-state index in [0.717, 1.165) is 22.3 Å². The fraction of sp³-hybridized carbons (Fsp3) is 0.0333. The lowest BCUT2D eigenvalue weighted by atomic mass is 10.0. The van der Waals surface area contributed by atoms with Crippen LogP contribution < -0.4 is 0 Å². The lowest BCUT2D eigenvalue weighted by molar-refractivity contribution is 0.627. The summed E-state index contributed by atoms with van der Waals surface area (Å²) in [7, 11) is 0. The Morgan fingerprint density at radius 3 is 2.42 bits per heavy atom. The van der Waals surface area contributed by atoms with E-state index < -0.39 is 0 Å². The van der Waals surface area contributed by atoms with Gasteiger partial charge in [0.05, 0.1) is 28.1 Å². The van der Waals surface area contributed by atoms with E-state index >= 15 is 0 Å². The van der Waals surface area contributed by atoms with Crippen LogP contribution in [0.25, 0.3) is 45.8 Å². The number of aryl methyl sites for hydroxylation is 1. The number of benzene rings is 3. The zero-order chi connectivity index (χ0) is 26.4. The number of para-hydroxylation sites is 2. The van der Waals surface area contributed by atoms with Gasteiger partial charge in [0.15, 0.2) is 5.65 Å². The molecule has 0 aliphatic rings. The fourth-order valence-electron chi connectivity index (χ4n) is 4.56. The first kappa shape index (κ1) is 23.9. The van der Waals surface area contributed by atoms with Crippen LogP contribution in [-0.2, 0) is 0 Å². The summed E-state index contributed by atoms with van der Waals surface area (Å²) in [5.41, 5.74) is 7.21. The number of hydrogen-bond donors (Lipinski definition) is 0. The van der Waals surface area contributed by atoms with Crippen LogP contribution in [0, 0.1) is 24.1 Å². The number of nitriles is 1. The monoisotopic (exact) mass is 537 g/mol. The number of nitrogens with zero attached hydrogens (tertiary/aromatic N) is 5. The maximum atomic E-state index is 13.4. The third-order valence-electron chi connectivity index (χ3n) is 6.41. The average molecular weight is 538 g/mol. The van der Waals surface area contributed by atoms with Crippen molar-refractivity contribution in [2.24, 2.45) is 0 Å². The Bertz CT molecular complexity index is 1910. The number of hydrogen-bond acceptors (Lipinski definition) is 3. The van der Waals surface area contributed by atoms with Gasteiger partial charge in [-0.1, -0.05) is 53.5 Å². The molecule has 0 aliphatic heterocycles. The van der Waals surface area contributed by atoms with Gasteiger partial charge in [-0.3, -0.25) is 4.40 Å². The molecule has 0 bridgehead atoms. The molecule has 6 aromatic rings. The summed E-state index contributed by atoms with van der Waals surface area (Å²) in [5.74, 6) is -0.337. The van der Waals surface area contributed by atoms with Gasteiger partial charge in [0.2, 0.25) is 0 Å². The van der Waals surface area contributed by atoms with E-state index in [1.807, 2.05) is 78.1 Å². The minimum Gasteiger partial charge on any atom is -0.291 e. The zero-order valence-corrected chi connectivity index (χ0v) is 21.5. The van der Waals surface area contributed by atoms with E-state index in [4.69, 9.17) is 28.2 Å². The Kier molecular flexibility index (Phi) is 5.96. The average Bonchev–Trinajstić information content (AvgIpc) is 3.44. The van der Waals surface area contributed by atoms with Crippen molar-refractivity contribution in [2.75, 3.05) is 0 Å². The van der Waals surface area contributed by atoms with Crippen molar-refractivity contribution in [1.82, 2.24) is 19.2 Å². The minimum absolute atomic E-state index is 0.337. The number of rotatable bonds is 4. The van der Waals surface area contributed by atoms with E-state index in [2.05, 4.69) is 11.2 Å². The van der Waals surface area contributed by atoms with Gasteiger partial charge >= 0.3 is 0 Å². The normalized spacial score (nSPS) is 11.6. The highest BCUT2D eigenvalue weighted by Crippen LogP contribution is 2.32. The number of aromatic nitrogens is 4. The van der Waals surface area contributed by atoms with Gasteiger partial charge in [0.1, 0.15) is 22.6 Å². The molecule has 3 heterocycles. The first-order valence-electron chi connectivity index (χ1n) is 11.7. The number of imidazole rings is 1. The number of pyridine rings is 1. The lowest BCUT2D eigenvalue weighted by Gasteiger charge is -2.11. The molecule has 0 saturated carbocycles. The molecule has 0 N–H and O–H groups in total. The van der Waals surface area contributed by atoms with Crippen LogP contribution in [0.5, 0.6) is 0 Å². The highest BCUT2D eigenvalue weighted by molar-refractivity contribution is 6.31. The van der Waals surface area contributed by atoms with Crippen molar-refractivity contribution in [3.05, 3.63) is 117 Å². The minimum atomic E-state index is -0.337. The summed E-state index contributed by atoms with van der Waals surface area (Å²) in [6.07, 6.45) is 3.69. The van der Waals surface area contributed by atoms with Gasteiger partial charge in [-0.2, -0.15) is 10.4 Å². The van der Waals surface area contributed by atoms with Crippen molar-refractivity contribution >= 4 is 52.0 Å². The summed E-state index contributed by atoms with van der Waals surface area (Å²) >= 11 is 12.9. The molecule has 0 spiro atoms. The third-order valence-corrected chi connectivity index (χ3v) is 7.02. The smallest absolute Gasteiger partial charge is 0.157 e. The molecule has 5 nitrogen and oxygen atoms in total. The topological polar surface area (TPSA) is 58.9 Å². The van der Waals surface area contributed by atoms with Crippen LogP contribution in [0.2, 0.25) is 10.2 Å². The lowest BCUT2D eigenvalue weighted by Crippen LogP contribution is -1.98. The number of halogens is 3. The summed E-state index contributed by atoms with van der Waals surface area (Å²) in [6.45, 7) is 1.85. The molecule has 0 fully saturated rings. The van der Waals surface area contributed by atoms with Gasteiger partial charge in [0, 0.05) is 10.6 Å². The molecule has 0 radical (unpaired) electrons. The molecule has 0 atom stereocenters. The molecule has 6 rings (SSSR count). The largest absolute Gasteiger partial charge is 0.291 e. The van der Waals surface area contributed by atoms with Crippen LogP contribution >= 0.6 is 23.2 Å². The Balaban J connectivity index is 1.54.